The van der Waals surface area contributed by atoms with Gasteiger partial charge in [-0.05, 0) is 52.0 Å². The van der Waals surface area contributed by atoms with E-state index >= 15 is 0 Å². The Kier molecular flexibility index (Phi) is 9.49. The molecular formula is C31H31Cl2N3O4S. The molecule has 0 radical (unpaired) electrons. The van der Waals surface area contributed by atoms with Gasteiger partial charge in [-0.15, -0.1) is 0 Å². The highest BCUT2D eigenvalue weighted by Gasteiger charge is 2.24. The molecule has 41 heavy (non-hydrogen) atoms. The second-order valence-electron chi connectivity index (χ2n) is 10.3. The third kappa shape index (κ3) is 6.46. The fraction of sp³-hybridized carbons (Fsp3) is 0.258. The Morgan fingerprint density at radius 1 is 0.805 bits per heavy atom. The number of nitrogens with one attached hydrogen (secondary N) is 1. The second kappa shape index (κ2) is 12.7. The maximum Gasteiger partial charge on any atom is 0.224 e. The first kappa shape index (κ1) is 30.7. The van der Waals surface area contributed by atoms with E-state index in [2.05, 4.69) is 9.71 Å². The Balaban J connectivity index is 1.73. The molecule has 7 nitrogen and oxygen atoms in total. The highest BCUT2D eigenvalue weighted by Crippen LogP contribution is 2.42. The van der Waals surface area contributed by atoms with Crippen molar-refractivity contribution in [3.63, 3.8) is 0 Å². The van der Waals surface area contributed by atoms with E-state index in [1.54, 1.807) is 19.2 Å². The number of hydrogen-bond acceptors (Lipinski definition) is 6. The van der Waals surface area contributed by atoms with E-state index in [1.165, 1.54) is 7.11 Å². The van der Waals surface area contributed by atoms with E-state index in [1.807, 2.05) is 76.2 Å². The zero-order chi connectivity index (χ0) is 29.9. The molecule has 2 heterocycles. The Hall–Kier alpha value is -3.30. The number of pyridine rings is 2. The van der Waals surface area contributed by atoms with Gasteiger partial charge >= 0.3 is 0 Å². The number of rotatable bonds is 9. The van der Waals surface area contributed by atoms with Crippen molar-refractivity contribution in [3.05, 3.63) is 81.8 Å². The monoisotopic (exact) mass is 611 g/mol. The lowest BCUT2D eigenvalue weighted by Gasteiger charge is -2.23. The fourth-order valence-electron chi connectivity index (χ4n) is 4.23. The first-order valence-corrected chi connectivity index (χ1v) is 14.7. The normalized spacial score (nSPS) is 13.0. The molecule has 2 atom stereocenters. The predicted octanol–water partition coefficient (Wildman–Crippen LogP) is 7.73. The standard InChI is InChI=1S/C31H31Cl2N3O4S/c1-18(36-41(38)31(2,3)4)20-14-16-26(35-30(20)40-6)24-12-8-10-22(28(24)33)21-9-7-11-23(27(21)32)25-15-13-19(17-37)29(34-25)39-5/h7-18,36H,1-6H3/t18-,41+/m0/s1. The van der Waals surface area contributed by atoms with E-state index in [4.69, 9.17) is 37.7 Å². The van der Waals surface area contributed by atoms with Crippen LogP contribution in [0.25, 0.3) is 33.6 Å². The summed E-state index contributed by atoms with van der Waals surface area (Å²) in [5.41, 5.74) is 5.09. The summed E-state index contributed by atoms with van der Waals surface area (Å²) in [5.74, 6) is 0.630. The third-order valence-electron chi connectivity index (χ3n) is 6.44. The lowest BCUT2D eigenvalue weighted by atomic mass is 9.98. The summed E-state index contributed by atoms with van der Waals surface area (Å²) in [4.78, 5) is 20.5. The number of hydrogen-bond donors (Lipinski definition) is 1. The second-order valence-corrected chi connectivity index (χ2v) is 13.0. The van der Waals surface area contributed by atoms with Crippen LogP contribution in [-0.4, -0.2) is 39.4 Å². The number of carbonyl (C=O) groups excluding carboxylic acids is 1. The summed E-state index contributed by atoms with van der Waals surface area (Å²) in [5, 5.41) is 0.920. The molecule has 0 aliphatic carbocycles. The Labute approximate surface area is 252 Å². The van der Waals surface area contributed by atoms with Crippen LogP contribution in [-0.2, 0) is 11.0 Å². The van der Waals surface area contributed by atoms with E-state index < -0.39 is 15.7 Å². The Morgan fingerprint density at radius 2 is 1.29 bits per heavy atom. The van der Waals surface area contributed by atoms with Crippen molar-refractivity contribution in [2.45, 2.75) is 38.5 Å². The fourth-order valence-corrected chi connectivity index (χ4v) is 5.68. The minimum absolute atomic E-state index is 0.219. The Morgan fingerprint density at radius 3 is 1.78 bits per heavy atom. The molecule has 4 rings (SSSR count). The SMILES string of the molecule is COc1nc(-c2cccc(-c3cccc(-c4ccc([C@H](C)N[S@](=O)C(C)(C)C)c(OC)n4)c3Cl)c2Cl)ccc1C=O. The van der Waals surface area contributed by atoms with Crippen LogP contribution in [0.5, 0.6) is 11.8 Å². The molecule has 2 aromatic carbocycles. The molecule has 2 aromatic heterocycles. The molecule has 0 fully saturated rings. The van der Waals surface area contributed by atoms with Crippen molar-refractivity contribution >= 4 is 40.5 Å². The Bertz CT molecular complexity index is 1620. The quantitative estimate of drug-likeness (QED) is 0.195. The lowest BCUT2D eigenvalue weighted by molar-refractivity contribution is 0.112. The minimum atomic E-state index is -1.26. The number of carbonyl (C=O) groups is 1. The highest BCUT2D eigenvalue weighted by atomic mass is 35.5. The van der Waals surface area contributed by atoms with E-state index in [9.17, 15) is 9.00 Å². The molecule has 0 amide bonds. The van der Waals surface area contributed by atoms with Crippen molar-refractivity contribution in [2.24, 2.45) is 0 Å². The summed E-state index contributed by atoms with van der Waals surface area (Å²) < 4.78 is 26.2. The molecule has 0 saturated heterocycles. The summed E-state index contributed by atoms with van der Waals surface area (Å²) in [7, 11) is 1.75. The molecule has 0 unspecified atom stereocenters. The molecule has 0 bridgehead atoms. The number of halogens is 2. The highest BCUT2D eigenvalue weighted by molar-refractivity contribution is 7.84. The van der Waals surface area contributed by atoms with Crippen LogP contribution < -0.4 is 14.2 Å². The molecule has 214 valence electrons. The number of ether oxygens (including phenoxy) is 2. The van der Waals surface area contributed by atoms with Crippen LogP contribution in [0.2, 0.25) is 10.0 Å². The lowest BCUT2D eigenvalue weighted by Crippen LogP contribution is -2.35. The van der Waals surface area contributed by atoms with E-state index in [-0.39, 0.29) is 11.9 Å². The number of methoxy groups -OCH3 is 2. The minimum Gasteiger partial charge on any atom is -0.481 e. The van der Waals surface area contributed by atoms with Gasteiger partial charge in [0.05, 0.1) is 56.9 Å². The average Bonchev–Trinajstić information content (AvgIpc) is 2.96. The molecule has 0 aliphatic heterocycles. The summed E-state index contributed by atoms with van der Waals surface area (Å²) in [6.45, 7) is 7.65. The van der Waals surface area contributed by atoms with Crippen molar-refractivity contribution in [3.8, 4) is 45.4 Å². The van der Waals surface area contributed by atoms with Gasteiger partial charge in [-0.3, -0.25) is 4.79 Å². The number of benzene rings is 2. The van der Waals surface area contributed by atoms with Gasteiger partial charge in [-0.1, -0.05) is 59.6 Å². The van der Waals surface area contributed by atoms with Gasteiger partial charge < -0.3 is 9.47 Å². The van der Waals surface area contributed by atoms with E-state index in [0.29, 0.717) is 61.4 Å². The maximum atomic E-state index is 12.6. The molecule has 10 heteroatoms. The van der Waals surface area contributed by atoms with Gasteiger partial charge in [0.2, 0.25) is 11.8 Å². The van der Waals surface area contributed by atoms with Gasteiger partial charge in [0.1, 0.15) is 0 Å². The smallest absolute Gasteiger partial charge is 0.224 e. The molecule has 1 N–H and O–H groups in total. The molecular weight excluding hydrogens is 581 g/mol. The molecule has 0 spiro atoms. The zero-order valence-corrected chi connectivity index (χ0v) is 25.9. The van der Waals surface area contributed by atoms with Gasteiger partial charge in [0.25, 0.3) is 0 Å². The average molecular weight is 613 g/mol. The molecule has 0 aliphatic rings. The van der Waals surface area contributed by atoms with E-state index in [0.717, 1.165) is 5.56 Å². The van der Waals surface area contributed by atoms with Crippen LogP contribution >= 0.6 is 23.2 Å². The van der Waals surface area contributed by atoms with Crippen molar-refractivity contribution in [1.82, 2.24) is 14.7 Å². The van der Waals surface area contributed by atoms with Crippen LogP contribution in [0.15, 0.2) is 60.7 Å². The van der Waals surface area contributed by atoms with Crippen LogP contribution in [0.3, 0.4) is 0 Å². The zero-order valence-electron chi connectivity index (χ0n) is 23.6. The summed E-state index contributed by atoms with van der Waals surface area (Å²) in [6.07, 6.45) is 0.693. The van der Waals surface area contributed by atoms with Crippen molar-refractivity contribution in [2.75, 3.05) is 14.2 Å². The van der Waals surface area contributed by atoms with Crippen molar-refractivity contribution < 1.29 is 18.5 Å². The number of aromatic nitrogens is 2. The third-order valence-corrected chi connectivity index (χ3v) is 8.93. The van der Waals surface area contributed by atoms with Crippen LogP contribution in [0, 0.1) is 0 Å². The largest absolute Gasteiger partial charge is 0.481 e. The van der Waals surface area contributed by atoms with Gasteiger partial charge in [-0.2, -0.15) is 0 Å². The molecule has 0 saturated carbocycles. The van der Waals surface area contributed by atoms with Gasteiger partial charge in [-0.25, -0.2) is 18.9 Å². The predicted molar refractivity (Wildman–Crippen MR) is 166 cm³/mol. The topological polar surface area (TPSA) is 90.4 Å². The maximum absolute atomic E-state index is 12.6. The first-order chi connectivity index (χ1) is 19.5. The summed E-state index contributed by atoms with van der Waals surface area (Å²) >= 11 is 13.9. The van der Waals surface area contributed by atoms with Crippen molar-refractivity contribution in [1.29, 1.82) is 0 Å². The summed E-state index contributed by atoms with van der Waals surface area (Å²) in [6, 6.07) is 18.1. The first-order valence-electron chi connectivity index (χ1n) is 12.8. The van der Waals surface area contributed by atoms with Gasteiger partial charge in [0.15, 0.2) is 6.29 Å². The molecule has 4 aromatic rings. The number of aldehydes is 1. The van der Waals surface area contributed by atoms with Crippen LogP contribution in [0.1, 0.15) is 49.7 Å². The van der Waals surface area contributed by atoms with Crippen LogP contribution in [0.4, 0.5) is 0 Å². The van der Waals surface area contributed by atoms with Gasteiger partial charge in [0, 0.05) is 33.9 Å². The number of nitrogens with zero attached hydrogens (tertiary/aromatic N) is 2.